The van der Waals surface area contributed by atoms with Crippen LogP contribution in [0, 0.1) is 6.92 Å². The molecule has 2 aromatic heterocycles. The van der Waals surface area contributed by atoms with Crippen molar-refractivity contribution in [3.63, 3.8) is 0 Å². The second-order valence-electron chi connectivity index (χ2n) is 5.14. The minimum absolute atomic E-state index is 0.0294. The Hall–Kier alpha value is -2.76. The van der Waals surface area contributed by atoms with Gasteiger partial charge in [-0.1, -0.05) is 30.3 Å². The molecule has 0 saturated heterocycles. The highest BCUT2D eigenvalue weighted by atomic mass is 16.5. The van der Waals surface area contributed by atoms with Crippen LogP contribution < -0.4 is 0 Å². The molecule has 112 valence electrons. The van der Waals surface area contributed by atoms with Crippen molar-refractivity contribution in [3.05, 3.63) is 59.7 Å². The van der Waals surface area contributed by atoms with Gasteiger partial charge in [0.25, 0.3) is 11.6 Å². The van der Waals surface area contributed by atoms with Crippen LogP contribution in [0.5, 0.6) is 0 Å². The third-order valence-corrected chi connectivity index (χ3v) is 3.29. The molecule has 1 aromatic carbocycles. The van der Waals surface area contributed by atoms with E-state index in [4.69, 9.17) is 4.74 Å². The van der Waals surface area contributed by atoms with E-state index in [9.17, 15) is 4.79 Å². The molecule has 0 radical (unpaired) electrons. The van der Waals surface area contributed by atoms with Gasteiger partial charge < -0.3 is 4.74 Å². The number of aromatic nitrogens is 4. The van der Waals surface area contributed by atoms with Gasteiger partial charge in [-0.25, -0.2) is 14.3 Å². The van der Waals surface area contributed by atoms with Crippen molar-refractivity contribution in [2.24, 2.45) is 0 Å². The fourth-order valence-corrected chi connectivity index (χ4v) is 2.22. The largest absolute Gasteiger partial charge is 0.456 e. The Kier molecular flexibility index (Phi) is 3.82. The van der Waals surface area contributed by atoms with Crippen molar-refractivity contribution in [2.45, 2.75) is 26.4 Å². The molecule has 3 aromatic rings. The first kappa shape index (κ1) is 14.2. The molecule has 0 spiro atoms. The first-order chi connectivity index (χ1) is 10.6. The Morgan fingerprint density at radius 2 is 2.05 bits per heavy atom. The fraction of sp³-hybridized carbons (Fsp3) is 0.250. The fourth-order valence-electron chi connectivity index (χ4n) is 2.22. The van der Waals surface area contributed by atoms with E-state index in [1.807, 2.05) is 44.2 Å². The molecule has 6 heteroatoms. The molecule has 22 heavy (non-hydrogen) atoms. The molecular weight excluding hydrogens is 280 g/mol. The smallest absolute Gasteiger partial charge is 0.378 e. The average molecular weight is 296 g/mol. The van der Waals surface area contributed by atoms with E-state index in [0.717, 1.165) is 11.3 Å². The van der Waals surface area contributed by atoms with Gasteiger partial charge in [0.2, 0.25) is 0 Å². The predicted molar refractivity (Wildman–Crippen MR) is 80.5 cm³/mol. The number of rotatable bonds is 4. The number of carbonyl (C=O) groups excluding carboxylic acids is 1. The molecule has 0 N–H and O–H groups in total. The van der Waals surface area contributed by atoms with Crippen molar-refractivity contribution in [1.82, 2.24) is 19.6 Å². The van der Waals surface area contributed by atoms with Crippen molar-refractivity contribution in [2.75, 3.05) is 0 Å². The van der Waals surface area contributed by atoms with Crippen molar-refractivity contribution in [1.29, 1.82) is 0 Å². The van der Waals surface area contributed by atoms with E-state index in [0.29, 0.717) is 12.2 Å². The number of hydrogen-bond acceptors (Lipinski definition) is 5. The number of hydrogen-bond donors (Lipinski definition) is 0. The Morgan fingerprint density at radius 1 is 1.27 bits per heavy atom. The van der Waals surface area contributed by atoms with Gasteiger partial charge >= 0.3 is 5.97 Å². The predicted octanol–water partition coefficient (Wildman–Crippen LogP) is 2.22. The lowest BCUT2D eigenvalue weighted by molar-refractivity contribution is 0.0328. The highest BCUT2D eigenvalue weighted by Crippen LogP contribution is 2.08. The molecule has 0 unspecified atom stereocenters. The van der Waals surface area contributed by atoms with Crippen LogP contribution in [0.25, 0.3) is 5.78 Å². The Morgan fingerprint density at radius 3 is 2.77 bits per heavy atom. The van der Waals surface area contributed by atoms with Crippen molar-refractivity contribution >= 4 is 11.7 Å². The summed E-state index contributed by atoms with van der Waals surface area (Å²) in [6.07, 6.45) is 2.03. The molecule has 3 rings (SSSR count). The van der Waals surface area contributed by atoms with Gasteiger partial charge in [0.1, 0.15) is 6.10 Å². The summed E-state index contributed by atoms with van der Waals surface area (Å²) in [4.78, 5) is 20.3. The van der Waals surface area contributed by atoms with Crippen LogP contribution in [-0.4, -0.2) is 31.7 Å². The van der Waals surface area contributed by atoms with Gasteiger partial charge in [0.15, 0.2) is 0 Å². The van der Waals surface area contributed by atoms with E-state index in [1.165, 1.54) is 4.52 Å². The van der Waals surface area contributed by atoms with E-state index in [2.05, 4.69) is 15.1 Å². The maximum atomic E-state index is 12.1. The Labute approximate surface area is 127 Å². The lowest BCUT2D eigenvalue weighted by Crippen LogP contribution is -2.18. The van der Waals surface area contributed by atoms with Crippen LogP contribution in [0.1, 0.15) is 28.8 Å². The second kappa shape index (κ2) is 5.93. The number of ether oxygens (including phenoxy) is 1. The minimum atomic E-state index is -0.534. The Bertz CT molecular complexity index is 798. The highest BCUT2D eigenvalue weighted by molar-refractivity contribution is 5.85. The maximum Gasteiger partial charge on any atom is 0.378 e. The molecule has 6 nitrogen and oxygen atoms in total. The summed E-state index contributed by atoms with van der Waals surface area (Å²) in [5.41, 5.74) is 1.97. The average Bonchev–Trinajstić information content (AvgIpc) is 2.94. The molecule has 0 aliphatic heterocycles. The van der Waals surface area contributed by atoms with Crippen LogP contribution in [0.3, 0.4) is 0 Å². The zero-order chi connectivity index (χ0) is 15.5. The zero-order valence-electron chi connectivity index (χ0n) is 12.4. The van der Waals surface area contributed by atoms with Crippen LogP contribution in [0.15, 0.2) is 42.6 Å². The third kappa shape index (κ3) is 2.95. The number of aryl methyl sites for hydroxylation is 1. The number of fused-ring (bicyclic) bond motifs is 1. The quantitative estimate of drug-likeness (QED) is 0.690. The lowest BCUT2D eigenvalue weighted by atomic mass is 10.1. The van der Waals surface area contributed by atoms with Gasteiger partial charge in [-0.2, -0.15) is 4.98 Å². The summed E-state index contributed by atoms with van der Waals surface area (Å²) in [7, 11) is 0. The number of nitrogens with zero attached hydrogens (tertiary/aromatic N) is 4. The standard InChI is InChI=1S/C16H16N4O2/c1-11-8-9-17-16-18-14(19-20(11)16)15(21)22-12(2)10-13-6-4-3-5-7-13/h3-9,12H,10H2,1-2H3/t12-/m0/s1. The lowest BCUT2D eigenvalue weighted by Gasteiger charge is -2.11. The monoisotopic (exact) mass is 296 g/mol. The van der Waals surface area contributed by atoms with Gasteiger partial charge in [0.05, 0.1) is 0 Å². The van der Waals surface area contributed by atoms with E-state index in [1.54, 1.807) is 12.3 Å². The van der Waals surface area contributed by atoms with E-state index >= 15 is 0 Å². The van der Waals surface area contributed by atoms with Crippen molar-refractivity contribution in [3.8, 4) is 0 Å². The topological polar surface area (TPSA) is 69.4 Å². The molecule has 0 aliphatic rings. The summed E-state index contributed by atoms with van der Waals surface area (Å²) < 4.78 is 6.93. The van der Waals surface area contributed by atoms with Crippen LogP contribution >= 0.6 is 0 Å². The highest BCUT2D eigenvalue weighted by Gasteiger charge is 2.18. The van der Waals surface area contributed by atoms with Gasteiger partial charge in [-0.15, -0.1) is 5.10 Å². The number of benzene rings is 1. The molecule has 0 aliphatic carbocycles. The van der Waals surface area contributed by atoms with Crippen LogP contribution in [-0.2, 0) is 11.2 Å². The molecule has 0 saturated carbocycles. The maximum absolute atomic E-state index is 12.1. The first-order valence-corrected chi connectivity index (χ1v) is 7.07. The second-order valence-corrected chi connectivity index (χ2v) is 5.14. The summed E-state index contributed by atoms with van der Waals surface area (Å²) in [6.45, 7) is 3.72. The molecule has 0 bridgehead atoms. The summed E-state index contributed by atoms with van der Waals surface area (Å²) in [5.74, 6) is -0.113. The number of carbonyl (C=O) groups is 1. The van der Waals surface area contributed by atoms with Gasteiger partial charge in [-0.3, -0.25) is 0 Å². The third-order valence-electron chi connectivity index (χ3n) is 3.29. The SMILES string of the molecule is Cc1ccnc2nc(C(=O)O[C@@H](C)Cc3ccccc3)nn12. The summed E-state index contributed by atoms with van der Waals surface area (Å²) >= 11 is 0. The van der Waals surface area contributed by atoms with Gasteiger partial charge in [0, 0.05) is 18.3 Å². The van der Waals surface area contributed by atoms with Crippen molar-refractivity contribution < 1.29 is 9.53 Å². The number of esters is 1. The molecular formula is C16H16N4O2. The van der Waals surface area contributed by atoms with E-state index < -0.39 is 5.97 Å². The molecule has 0 amide bonds. The molecule has 1 atom stereocenters. The van der Waals surface area contributed by atoms with E-state index in [-0.39, 0.29) is 11.9 Å². The molecule has 2 heterocycles. The molecule has 0 fully saturated rings. The zero-order valence-corrected chi connectivity index (χ0v) is 12.4. The summed E-state index contributed by atoms with van der Waals surface area (Å²) in [6, 6.07) is 11.7. The first-order valence-electron chi connectivity index (χ1n) is 7.07. The Balaban J connectivity index is 1.71. The minimum Gasteiger partial charge on any atom is -0.456 e. The summed E-state index contributed by atoms with van der Waals surface area (Å²) in [5, 5.41) is 4.14. The van der Waals surface area contributed by atoms with Crippen LogP contribution in [0.4, 0.5) is 0 Å². The van der Waals surface area contributed by atoms with Gasteiger partial charge in [-0.05, 0) is 25.5 Å². The normalized spacial score (nSPS) is 12.3. The van der Waals surface area contributed by atoms with Crippen LogP contribution in [0.2, 0.25) is 0 Å².